The van der Waals surface area contributed by atoms with Gasteiger partial charge in [0, 0.05) is 0 Å². The van der Waals surface area contributed by atoms with Gasteiger partial charge >= 0.3 is 0 Å². The molecule has 0 aliphatic carbocycles. The van der Waals surface area contributed by atoms with E-state index < -0.39 is 0 Å². The maximum atomic E-state index is 8.95. The molecule has 2 rings (SSSR count). The van der Waals surface area contributed by atoms with Gasteiger partial charge in [-0.1, -0.05) is 6.92 Å². The van der Waals surface area contributed by atoms with E-state index in [9.17, 15) is 0 Å². The fourth-order valence-electron chi connectivity index (χ4n) is 2.38. The number of hydrogen-bond acceptors (Lipinski definition) is 4. The van der Waals surface area contributed by atoms with Crippen molar-refractivity contribution in [2.45, 2.75) is 40.0 Å². The van der Waals surface area contributed by atoms with E-state index >= 15 is 0 Å². The van der Waals surface area contributed by atoms with Crippen LogP contribution in [0.1, 0.15) is 41.4 Å². The predicted molar refractivity (Wildman–Crippen MR) is 85.9 cm³/mol. The Hall–Kier alpha value is -2.41. The van der Waals surface area contributed by atoms with Gasteiger partial charge in [-0.25, -0.2) is 0 Å². The van der Waals surface area contributed by atoms with Crippen molar-refractivity contribution >= 4 is 0 Å². The van der Waals surface area contributed by atoms with Crippen molar-refractivity contribution in [3.63, 3.8) is 0 Å². The Morgan fingerprint density at radius 1 is 1.09 bits per heavy atom. The average molecular weight is 295 g/mol. The Kier molecular flexibility index (Phi) is 5.48. The monoisotopic (exact) mass is 295 g/mol. The molecular weight excluding hydrogens is 274 g/mol. The SMILES string of the molecule is CCc1ccc(CCCOc2c(C)cc(C#N)cc2C)nn1. The molecule has 2 aromatic rings. The first-order chi connectivity index (χ1) is 10.6. The fourth-order valence-corrected chi connectivity index (χ4v) is 2.38. The first kappa shape index (κ1) is 16.0. The Balaban J connectivity index is 1.87. The molecule has 0 bridgehead atoms. The minimum Gasteiger partial charge on any atom is -0.493 e. The van der Waals surface area contributed by atoms with Crippen molar-refractivity contribution in [2.24, 2.45) is 0 Å². The second-order valence-corrected chi connectivity index (χ2v) is 5.37. The minimum absolute atomic E-state index is 0.630. The number of aryl methyl sites for hydroxylation is 4. The molecule has 4 heteroatoms. The molecule has 114 valence electrons. The average Bonchev–Trinajstić information content (AvgIpc) is 2.53. The van der Waals surface area contributed by atoms with E-state index in [-0.39, 0.29) is 0 Å². The van der Waals surface area contributed by atoms with Crippen LogP contribution in [-0.4, -0.2) is 16.8 Å². The van der Waals surface area contributed by atoms with Crippen LogP contribution in [0.4, 0.5) is 0 Å². The van der Waals surface area contributed by atoms with Gasteiger partial charge in [0.15, 0.2) is 0 Å². The van der Waals surface area contributed by atoms with Gasteiger partial charge in [0.2, 0.25) is 0 Å². The van der Waals surface area contributed by atoms with Crippen LogP contribution in [0.3, 0.4) is 0 Å². The minimum atomic E-state index is 0.630. The Morgan fingerprint density at radius 3 is 2.27 bits per heavy atom. The van der Waals surface area contributed by atoms with Crippen molar-refractivity contribution in [2.75, 3.05) is 6.61 Å². The molecule has 0 saturated heterocycles. The predicted octanol–water partition coefficient (Wildman–Crippen LogP) is 3.54. The third kappa shape index (κ3) is 4.05. The zero-order valence-corrected chi connectivity index (χ0v) is 13.4. The smallest absolute Gasteiger partial charge is 0.125 e. The molecule has 0 fully saturated rings. The summed E-state index contributed by atoms with van der Waals surface area (Å²) in [6.07, 6.45) is 2.65. The van der Waals surface area contributed by atoms with Crippen LogP contribution in [0.5, 0.6) is 5.75 Å². The topological polar surface area (TPSA) is 58.8 Å². The van der Waals surface area contributed by atoms with E-state index in [4.69, 9.17) is 10.00 Å². The summed E-state index contributed by atoms with van der Waals surface area (Å²) in [7, 11) is 0. The van der Waals surface area contributed by atoms with Crippen LogP contribution in [0.2, 0.25) is 0 Å². The summed E-state index contributed by atoms with van der Waals surface area (Å²) >= 11 is 0. The molecular formula is C18H21N3O. The van der Waals surface area contributed by atoms with E-state index in [0.29, 0.717) is 12.2 Å². The van der Waals surface area contributed by atoms with Gasteiger partial charge in [-0.2, -0.15) is 15.5 Å². The lowest BCUT2D eigenvalue weighted by Gasteiger charge is -2.12. The van der Waals surface area contributed by atoms with Gasteiger partial charge in [-0.05, 0) is 68.5 Å². The van der Waals surface area contributed by atoms with E-state index in [1.165, 1.54) is 0 Å². The summed E-state index contributed by atoms with van der Waals surface area (Å²) in [5, 5.41) is 17.3. The zero-order chi connectivity index (χ0) is 15.9. The largest absolute Gasteiger partial charge is 0.493 e. The van der Waals surface area contributed by atoms with Crippen LogP contribution in [0, 0.1) is 25.2 Å². The number of rotatable bonds is 6. The number of nitriles is 1. The Labute approximate surface area is 131 Å². The molecule has 0 N–H and O–H groups in total. The second kappa shape index (κ2) is 7.56. The molecule has 1 aromatic heterocycles. The van der Waals surface area contributed by atoms with Gasteiger partial charge in [-0.3, -0.25) is 0 Å². The normalized spacial score (nSPS) is 10.3. The maximum Gasteiger partial charge on any atom is 0.125 e. The standard InChI is InChI=1S/C18H21N3O/c1-4-16-7-8-17(21-20-16)6-5-9-22-18-13(2)10-15(12-19)11-14(18)3/h7-8,10-11H,4-6,9H2,1-3H3. The van der Waals surface area contributed by atoms with Crippen LogP contribution in [0.15, 0.2) is 24.3 Å². The van der Waals surface area contributed by atoms with Crippen LogP contribution < -0.4 is 4.74 Å². The van der Waals surface area contributed by atoms with Gasteiger partial charge in [0.05, 0.1) is 29.6 Å². The van der Waals surface area contributed by atoms with Crippen molar-refractivity contribution in [3.8, 4) is 11.8 Å². The van der Waals surface area contributed by atoms with E-state index in [1.807, 2.05) is 38.1 Å². The molecule has 0 saturated carbocycles. The van der Waals surface area contributed by atoms with Crippen LogP contribution >= 0.6 is 0 Å². The number of aromatic nitrogens is 2. The van der Waals surface area contributed by atoms with Gasteiger partial charge in [-0.15, -0.1) is 0 Å². The molecule has 0 atom stereocenters. The lowest BCUT2D eigenvalue weighted by atomic mass is 10.1. The van der Waals surface area contributed by atoms with Gasteiger partial charge in [0.25, 0.3) is 0 Å². The van der Waals surface area contributed by atoms with E-state index in [2.05, 4.69) is 23.2 Å². The molecule has 1 heterocycles. The highest BCUT2D eigenvalue weighted by atomic mass is 16.5. The molecule has 0 aliphatic rings. The van der Waals surface area contributed by atoms with Crippen LogP contribution in [0.25, 0.3) is 0 Å². The second-order valence-electron chi connectivity index (χ2n) is 5.37. The Morgan fingerprint density at radius 2 is 1.73 bits per heavy atom. The van der Waals surface area contributed by atoms with Crippen LogP contribution in [-0.2, 0) is 12.8 Å². The highest BCUT2D eigenvalue weighted by Gasteiger charge is 2.06. The number of benzene rings is 1. The molecule has 0 spiro atoms. The zero-order valence-electron chi connectivity index (χ0n) is 13.4. The summed E-state index contributed by atoms with van der Waals surface area (Å²) in [5.74, 6) is 0.881. The van der Waals surface area contributed by atoms with Crippen molar-refractivity contribution < 1.29 is 4.74 Å². The number of hydrogen-bond donors (Lipinski definition) is 0. The number of nitrogens with zero attached hydrogens (tertiary/aromatic N) is 3. The molecule has 22 heavy (non-hydrogen) atoms. The highest BCUT2D eigenvalue weighted by Crippen LogP contribution is 2.24. The fraction of sp³-hybridized carbons (Fsp3) is 0.389. The first-order valence-corrected chi connectivity index (χ1v) is 7.59. The van der Waals surface area contributed by atoms with Gasteiger partial charge in [0.1, 0.15) is 5.75 Å². The Bertz CT molecular complexity index is 649. The quantitative estimate of drug-likeness (QED) is 0.765. The highest BCUT2D eigenvalue weighted by molar-refractivity contribution is 5.47. The lowest BCUT2D eigenvalue weighted by molar-refractivity contribution is 0.306. The molecule has 0 amide bonds. The first-order valence-electron chi connectivity index (χ1n) is 7.59. The maximum absolute atomic E-state index is 8.95. The summed E-state index contributed by atoms with van der Waals surface area (Å²) in [6, 6.07) is 9.94. The van der Waals surface area contributed by atoms with E-state index in [0.717, 1.165) is 47.5 Å². The summed E-state index contributed by atoms with van der Waals surface area (Å²) in [6.45, 7) is 6.64. The molecule has 0 aliphatic heterocycles. The molecule has 0 radical (unpaired) electrons. The molecule has 1 aromatic carbocycles. The molecule has 4 nitrogen and oxygen atoms in total. The van der Waals surface area contributed by atoms with Crippen molar-refractivity contribution in [3.05, 3.63) is 52.3 Å². The summed E-state index contributed by atoms with van der Waals surface area (Å²) in [4.78, 5) is 0. The van der Waals surface area contributed by atoms with E-state index in [1.54, 1.807) is 0 Å². The molecule has 0 unspecified atom stereocenters. The number of ether oxygens (including phenoxy) is 1. The van der Waals surface area contributed by atoms with Crippen molar-refractivity contribution in [1.29, 1.82) is 5.26 Å². The van der Waals surface area contributed by atoms with Crippen molar-refractivity contribution in [1.82, 2.24) is 10.2 Å². The summed E-state index contributed by atoms with van der Waals surface area (Å²) in [5.41, 5.74) is 4.69. The lowest BCUT2D eigenvalue weighted by Crippen LogP contribution is -2.04. The third-order valence-electron chi connectivity index (χ3n) is 3.55. The van der Waals surface area contributed by atoms with Gasteiger partial charge < -0.3 is 4.74 Å². The summed E-state index contributed by atoms with van der Waals surface area (Å²) < 4.78 is 5.88. The third-order valence-corrected chi connectivity index (χ3v) is 3.55.